The molecule has 0 unspecified atom stereocenters. The van der Waals surface area contributed by atoms with Crippen LogP contribution in [0.5, 0.6) is 0 Å². The highest BCUT2D eigenvalue weighted by Gasteiger charge is 2.28. The molecule has 0 heterocycles. The normalized spacial score (nSPS) is 11.1. The summed E-state index contributed by atoms with van der Waals surface area (Å²) in [5.74, 6) is -0.234. The van der Waals surface area contributed by atoms with Gasteiger partial charge in [0.15, 0.2) is 0 Å². The first kappa shape index (κ1) is 14.6. The molecule has 3 nitrogen and oxygen atoms in total. The maximum atomic E-state index is 11.8. The van der Waals surface area contributed by atoms with Crippen LogP contribution >= 0.6 is 0 Å². The minimum absolute atomic E-state index is 0.234. The molecule has 0 fully saturated rings. The maximum absolute atomic E-state index is 11.8. The quantitative estimate of drug-likeness (QED) is 0.785. The van der Waals surface area contributed by atoms with Gasteiger partial charge in [0.05, 0.1) is 6.61 Å². The fraction of sp³-hybridized carbons (Fsp3) is 0.533. The van der Waals surface area contributed by atoms with Crippen molar-refractivity contribution in [1.29, 1.82) is 0 Å². The van der Waals surface area contributed by atoms with Gasteiger partial charge in [0.2, 0.25) is 0 Å². The Balaban J connectivity index is 2.68. The number of ether oxygens (including phenoxy) is 1. The molecule has 1 aromatic rings. The van der Waals surface area contributed by atoms with Crippen LogP contribution in [0.2, 0.25) is 0 Å². The van der Waals surface area contributed by atoms with Gasteiger partial charge in [-0.1, -0.05) is 25.5 Å². The van der Waals surface area contributed by atoms with Crippen LogP contribution in [0.25, 0.3) is 0 Å². The summed E-state index contributed by atoms with van der Waals surface area (Å²) in [4.78, 5) is 11.8. The Morgan fingerprint density at radius 3 is 2.33 bits per heavy atom. The summed E-state index contributed by atoms with van der Waals surface area (Å²) in [7, 11) is 0. The van der Waals surface area contributed by atoms with Crippen molar-refractivity contribution in [2.75, 3.05) is 11.9 Å². The Labute approximate surface area is 110 Å². The van der Waals surface area contributed by atoms with Crippen molar-refractivity contribution < 1.29 is 9.53 Å². The van der Waals surface area contributed by atoms with Gasteiger partial charge < -0.3 is 10.1 Å². The van der Waals surface area contributed by atoms with Crippen molar-refractivity contribution in [3.8, 4) is 0 Å². The Hall–Kier alpha value is -1.51. The van der Waals surface area contributed by atoms with E-state index in [0.29, 0.717) is 6.61 Å². The van der Waals surface area contributed by atoms with E-state index < -0.39 is 5.54 Å². The Kier molecular flexibility index (Phi) is 5.20. The van der Waals surface area contributed by atoms with Crippen LogP contribution in [-0.4, -0.2) is 18.1 Å². The standard InChI is InChI=1S/C15H23NO2/c1-5-7-12-8-10-13(11-9-12)16-15(3,4)14(17)18-6-2/h8-11,16H,5-7H2,1-4H3. The lowest BCUT2D eigenvalue weighted by molar-refractivity contribution is -0.147. The second-order valence-electron chi connectivity index (χ2n) is 4.92. The lowest BCUT2D eigenvalue weighted by Crippen LogP contribution is -2.41. The Bertz CT molecular complexity index is 382. The molecule has 0 spiro atoms. The first-order valence-corrected chi connectivity index (χ1v) is 6.54. The molecule has 100 valence electrons. The third-order valence-corrected chi connectivity index (χ3v) is 2.74. The molecule has 0 saturated heterocycles. The molecule has 0 bridgehead atoms. The molecule has 0 amide bonds. The number of hydrogen-bond donors (Lipinski definition) is 1. The van der Waals surface area contributed by atoms with E-state index in [4.69, 9.17) is 4.74 Å². The number of nitrogens with one attached hydrogen (secondary N) is 1. The van der Waals surface area contributed by atoms with E-state index in [1.807, 2.05) is 32.9 Å². The van der Waals surface area contributed by atoms with Gasteiger partial charge >= 0.3 is 5.97 Å². The lowest BCUT2D eigenvalue weighted by Gasteiger charge is -2.25. The van der Waals surface area contributed by atoms with Gasteiger partial charge in [0, 0.05) is 5.69 Å². The van der Waals surface area contributed by atoms with Crippen LogP contribution in [0.4, 0.5) is 5.69 Å². The summed E-state index contributed by atoms with van der Waals surface area (Å²) in [6.45, 7) is 8.03. The van der Waals surface area contributed by atoms with E-state index in [9.17, 15) is 4.79 Å². The summed E-state index contributed by atoms with van der Waals surface area (Å²) < 4.78 is 5.04. The van der Waals surface area contributed by atoms with E-state index >= 15 is 0 Å². The van der Waals surface area contributed by atoms with E-state index in [2.05, 4.69) is 24.4 Å². The largest absolute Gasteiger partial charge is 0.464 e. The zero-order valence-corrected chi connectivity index (χ0v) is 11.7. The minimum Gasteiger partial charge on any atom is -0.464 e. The second kappa shape index (κ2) is 6.43. The number of benzene rings is 1. The Morgan fingerprint density at radius 2 is 1.83 bits per heavy atom. The predicted octanol–water partition coefficient (Wildman–Crippen LogP) is 3.39. The van der Waals surface area contributed by atoms with Crippen LogP contribution in [0.15, 0.2) is 24.3 Å². The van der Waals surface area contributed by atoms with Crippen molar-refractivity contribution in [3.63, 3.8) is 0 Å². The number of rotatable bonds is 6. The van der Waals surface area contributed by atoms with Gasteiger partial charge in [-0.05, 0) is 44.9 Å². The number of aryl methyl sites for hydroxylation is 1. The Morgan fingerprint density at radius 1 is 1.22 bits per heavy atom. The topological polar surface area (TPSA) is 38.3 Å². The zero-order valence-electron chi connectivity index (χ0n) is 11.7. The molecule has 0 aliphatic heterocycles. The summed E-state index contributed by atoms with van der Waals surface area (Å²) >= 11 is 0. The van der Waals surface area contributed by atoms with Crippen molar-refractivity contribution in [1.82, 2.24) is 0 Å². The number of anilines is 1. The van der Waals surface area contributed by atoms with E-state index in [0.717, 1.165) is 18.5 Å². The summed E-state index contributed by atoms with van der Waals surface area (Å²) in [6, 6.07) is 8.19. The molecule has 1 rings (SSSR count). The maximum Gasteiger partial charge on any atom is 0.331 e. The van der Waals surface area contributed by atoms with E-state index in [1.165, 1.54) is 5.56 Å². The average molecular weight is 249 g/mol. The zero-order chi connectivity index (χ0) is 13.6. The van der Waals surface area contributed by atoms with Crippen molar-refractivity contribution >= 4 is 11.7 Å². The van der Waals surface area contributed by atoms with Gasteiger partial charge in [-0.15, -0.1) is 0 Å². The minimum atomic E-state index is -0.706. The lowest BCUT2D eigenvalue weighted by atomic mass is 10.0. The molecule has 0 radical (unpaired) electrons. The van der Waals surface area contributed by atoms with Crippen molar-refractivity contribution in [3.05, 3.63) is 29.8 Å². The highest BCUT2D eigenvalue weighted by molar-refractivity contribution is 5.83. The molecule has 1 N–H and O–H groups in total. The van der Waals surface area contributed by atoms with Gasteiger partial charge in [0.25, 0.3) is 0 Å². The van der Waals surface area contributed by atoms with Gasteiger partial charge in [-0.2, -0.15) is 0 Å². The molecular weight excluding hydrogens is 226 g/mol. The molecule has 0 aliphatic carbocycles. The third kappa shape index (κ3) is 4.06. The highest BCUT2D eigenvalue weighted by Crippen LogP contribution is 2.17. The fourth-order valence-electron chi connectivity index (χ4n) is 1.77. The van der Waals surface area contributed by atoms with Gasteiger partial charge in [-0.25, -0.2) is 4.79 Å². The molecule has 0 saturated carbocycles. The van der Waals surface area contributed by atoms with Crippen LogP contribution in [-0.2, 0) is 16.0 Å². The average Bonchev–Trinajstić information content (AvgIpc) is 2.32. The molecule has 0 atom stereocenters. The fourth-order valence-corrected chi connectivity index (χ4v) is 1.77. The smallest absolute Gasteiger partial charge is 0.331 e. The molecular formula is C15H23NO2. The third-order valence-electron chi connectivity index (χ3n) is 2.74. The molecule has 3 heteroatoms. The van der Waals surface area contributed by atoms with Crippen LogP contribution in [0.3, 0.4) is 0 Å². The van der Waals surface area contributed by atoms with Crippen LogP contribution in [0.1, 0.15) is 39.7 Å². The molecule has 0 aliphatic rings. The van der Waals surface area contributed by atoms with E-state index in [-0.39, 0.29) is 5.97 Å². The molecule has 18 heavy (non-hydrogen) atoms. The first-order chi connectivity index (χ1) is 8.49. The van der Waals surface area contributed by atoms with Crippen molar-refractivity contribution in [2.24, 2.45) is 0 Å². The number of carbonyl (C=O) groups is 1. The van der Waals surface area contributed by atoms with Crippen molar-refractivity contribution in [2.45, 2.75) is 46.1 Å². The first-order valence-electron chi connectivity index (χ1n) is 6.54. The number of hydrogen-bond acceptors (Lipinski definition) is 3. The number of esters is 1. The second-order valence-corrected chi connectivity index (χ2v) is 4.92. The monoisotopic (exact) mass is 249 g/mol. The summed E-state index contributed by atoms with van der Waals surface area (Å²) in [5.41, 5.74) is 1.55. The van der Waals surface area contributed by atoms with Crippen LogP contribution < -0.4 is 5.32 Å². The highest BCUT2D eigenvalue weighted by atomic mass is 16.5. The SMILES string of the molecule is CCCc1ccc(NC(C)(C)C(=O)OCC)cc1. The number of carbonyl (C=O) groups excluding carboxylic acids is 1. The van der Waals surface area contributed by atoms with Gasteiger partial charge in [-0.3, -0.25) is 0 Å². The van der Waals surface area contributed by atoms with E-state index in [1.54, 1.807) is 0 Å². The van der Waals surface area contributed by atoms with Crippen LogP contribution in [0, 0.1) is 0 Å². The summed E-state index contributed by atoms with van der Waals surface area (Å²) in [5, 5.41) is 3.20. The summed E-state index contributed by atoms with van der Waals surface area (Å²) in [6.07, 6.45) is 2.22. The van der Waals surface area contributed by atoms with Gasteiger partial charge in [0.1, 0.15) is 5.54 Å². The molecule has 1 aromatic carbocycles. The predicted molar refractivity (Wildman–Crippen MR) is 74.8 cm³/mol. The molecule has 0 aromatic heterocycles.